The third-order valence-electron chi connectivity index (χ3n) is 4.59. The van der Waals surface area contributed by atoms with Gasteiger partial charge >= 0.3 is 0 Å². The lowest BCUT2D eigenvalue weighted by molar-refractivity contribution is -0.138. The molecule has 0 saturated heterocycles. The third kappa shape index (κ3) is 7.95. The molecule has 0 unspecified atom stereocenters. The van der Waals surface area contributed by atoms with Gasteiger partial charge < -0.3 is 15.5 Å². The van der Waals surface area contributed by atoms with Crippen LogP contribution in [0.25, 0.3) is 0 Å². The highest BCUT2D eigenvalue weighted by Gasteiger charge is 2.42. The zero-order chi connectivity index (χ0) is 18.9. The molecule has 1 amide bonds. The van der Waals surface area contributed by atoms with E-state index in [4.69, 9.17) is 0 Å². The molecular weight excluding hydrogens is 469 g/mol. The summed E-state index contributed by atoms with van der Waals surface area (Å²) < 4.78 is 25.2. The van der Waals surface area contributed by atoms with E-state index in [1.165, 1.54) is 0 Å². The van der Waals surface area contributed by atoms with Crippen molar-refractivity contribution in [1.29, 1.82) is 0 Å². The maximum Gasteiger partial charge on any atom is 0.230 e. The van der Waals surface area contributed by atoms with E-state index in [1.807, 2.05) is 0 Å². The maximum absolute atomic E-state index is 12.6. The van der Waals surface area contributed by atoms with Crippen LogP contribution in [0.2, 0.25) is 0 Å². The van der Waals surface area contributed by atoms with Gasteiger partial charge in [0.25, 0.3) is 0 Å². The first kappa shape index (κ1) is 25.4. The van der Waals surface area contributed by atoms with Gasteiger partial charge in [0.05, 0.1) is 11.2 Å². The molecule has 26 heavy (non-hydrogen) atoms. The first-order valence-electron chi connectivity index (χ1n) is 8.90. The second kappa shape index (κ2) is 12.0. The molecule has 3 N–H and O–H groups in total. The standard InChI is InChI=1S/C16H33N5O3S.HI/c1-5-25(23,24)20-12-8-11-18-15(17-2)19-13-16(9-6-7-10-16)14(22)21(3)4;/h20H,5-13H2,1-4H3,(H2,17,18,19);1H. The Morgan fingerprint density at radius 1 is 1.15 bits per heavy atom. The summed E-state index contributed by atoms with van der Waals surface area (Å²) >= 11 is 0. The van der Waals surface area contributed by atoms with Crippen LogP contribution in [0.4, 0.5) is 0 Å². The van der Waals surface area contributed by atoms with Gasteiger partial charge in [0.1, 0.15) is 0 Å². The minimum Gasteiger partial charge on any atom is -0.356 e. The van der Waals surface area contributed by atoms with Crippen LogP contribution in [0.3, 0.4) is 0 Å². The number of carbonyl (C=O) groups is 1. The Balaban J connectivity index is 0.00000625. The van der Waals surface area contributed by atoms with Gasteiger partial charge in [0.2, 0.25) is 15.9 Å². The van der Waals surface area contributed by atoms with Crippen molar-refractivity contribution in [2.75, 3.05) is 46.5 Å². The number of amides is 1. The number of hydrogen-bond donors (Lipinski definition) is 3. The lowest BCUT2D eigenvalue weighted by Crippen LogP contribution is -2.49. The average Bonchev–Trinajstić information content (AvgIpc) is 3.06. The summed E-state index contributed by atoms with van der Waals surface area (Å²) in [4.78, 5) is 18.4. The molecule has 1 fully saturated rings. The van der Waals surface area contributed by atoms with E-state index in [2.05, 4.69) is 20.3 Å². The summed E-state index contributed by atoms with van der Waals surface area (Å²) in [6.07, 6.45) is 4.59. The second-order valence-corrected chi connectivity index (χ2v) is 8.79. The van der Waals surface area contributed by atoms with Crippen molar-refractivity contribution in [2.45, 2.75) is 39.0 Å². The van der Waals surface area contributed by atoms with Crippen LogP contribution in [0.5, 0.6) is 0 Å². The highest BCUT2D eigenvalue weighted by Crippen LogP contribution is 2.38. The molecule has 1 saturated carbocycles. The molecular formula is C16H34IN5O3S. The van der Waals surface area contributed by atoms with Crippen molar-refractivity contribution in [1.82, 2.24) is 20.3 Å². The highest BCUT2D eigenvalue weighted by molar-refractivity contribution is 14.0. The van der Waals surface area contributed by atoms with Crippen LogP contribution in [-0.4, -0.2) is 71.7 Å². The Hall–Kier alpha value is -0.620. The number of rotatable bonds is 9. The minimum atomic E-state index is -3.14. The zero-order valence-corrected chi connectivity index (χ0v) is 19.4. The zero-order valence-electron chi connectivity index (χ0n) is 16.3. The van der Waals surface area contributed by atoms with Gasteiger partial charge in [-0.2, -0.15) is 0 Å². The van der Waals surface area contributed by atoms with Crippen molar-refractivity contribution in [2.24, 2.45) is 10.4 Å². The van der Waals surface area contributed by atoms with Gasteiger partial charge in [0, 0.05) is 40.8 Å². The minimum absolute atomic E-state index is 0. The molecule has 0 aromatic heterocycles. The molecule has 0 aromatic carbocycles. The van der Waals surface area contributed by atoms with Crippen LogP contribution >= 0.6 is 24.0 Å². The third-order valence-corrected chi connectivity index (χ3v) is 5.99. The van der Waals surface area contributed by atoms with Gasteiger partial charge in [-0.05, 0) is 26.2 Å². The van der Waals surface area contributed by atoms with Crippen molar-refractivity contribution in [3.63, 3.8) is 0 Å². The van der Waals surface area contributed by atoms with E-state index in [0.717, 1.165) is 25.7 Å². The number of sulfonamides is 1. The van der Waals surface area contributed by atoms with E-state index in [-0.39, 0.29) is 41.1 Å². The molecule has 0 radical (unpaired) electrons. The van der Waals surface area contributed by atoms with Gasteiger partial charge in [-0.25, -0.2) is 13.1 Å². The first-order valence-corrected chi connectivity index (χ1v) is 10.5. The number of nitrogens with zero attached hydrogens (tertiary/aromatic N) is 2. The van der Waals surface area contributed by atoms with Gasteiger partial charge in [0.15, 0.2) is 5.96 Å². The lowest BCUT2D eigenvalue weighted by atomic mass is 9.84. The van der Waals surface area contributed by atoms with Gasteiger partial charge in [-0.15, -0.1) is 24.0 Å². The number of aliphatic imine (C=N–C) groups is 1. The monoisotopic (exact) mass is 503 g/mol. The van der Waals surface area contributed by atoms with E-state index in [9.17, 15) is 13.2 Å². The Kier molecular flexibility index (Phi) is 11.7. The molecule has 0 aromatic rings. The van der Waals surface area contributed by atoms with E-state index in [1.54, 1.807) is 33.0 Å². The summed E-state index contributed by atoms with van der Waals surface area (Å²) in [5.74, 6) is 0.893. The number of hydrogen-bond acceptors (Lipinski definition) is 4. The summed E-state index contributed by atoms with van der Waals surface area (Å²) in [6.45, 7) is 3.16. The van der Waals surface area contributed by atoms with Crippen molar-refractivity contribution >= 4 is 45.9 Å². The largest absolute Gasteiger partial charge is 0.356 e. The van der Waals surface area contributed by atoms with Crippen LogP contribution in [0.15, 0.2) is 4.99 Å². The Bertz CT molecular complexity index is 560. The molecule has 1 aliphatic carbocycles. The molecule has 10 heteroatoms. The average molecular weight is 503 g/mol. The summed E-state index contributed by atoms with van der Waals surface area (Å²) in [6, 6.07) is 0. The predicted octanol–water partition coefficient (Wildman–Crippen LogP) is 0.747. The summed E-state index contributed by atoms with van der Waals surface area (Å²) in [7, 11) is 2.14. The fourth-order valence-corrected chi connectivity index (χ4v) is 3.75. The highest BCUT2D eigenvalue weighted by atomic mass is 127. The molecule has 1 aliphatic rings. The maximum atomic E-state index is 12.6. The Morgan fingerprint density at radius 2 is 1.77 bits per heavy atom. The molecule has 0 aliphatic heterocycles. The Morgan fingerprint density at radius 3 is 2.27 bits per heavy atom. The molecule has 0 bridgehead atoms. The van der Waals surface area contributed by atoms with Crippen LogP contribution in [0.1, 0.15) is 39.0 Å². The number of guanidine groups is 1. The molecule has 154 valence electrons. The van der Waals surface area contributed by atoms with E-state index in [0.29, 0.717) is 32.0 Å². The van der Waals surface area contributed by atoms with Gasteiger partial charge in [-0.3, -0.25) is 9.79 Å². The number of nitrogens with one attached hydrogen (secondary N) is 3. The van der Waals surface area contributed by atoms with Crippen molar-refractivity contribution < 1.29 is 13.2 Å². The second-order valence-electron chi connectivity index (χ2n) is 6.69. The van der Waals surface area contributed by atoms with E-state index >= 15 is 0 Å². The number of carbonyl (C=O) groups excluding carboxylic acids is 1. The SMILES string of the molecule is CCS(=O)(=O)NCCCNC(=NC)NCC1(C(=O)N(C)C)CCCC1.I. The number of halogens is 1. The smallest absolute Gasteiger partial charge is 0.230 e. The molecule has 0 atom stereocenters. The normalized spacial score (nSPS) is 16.7. The lowest BCUT2D eigenvalue weighted by Gasteiger charge is -2.31. The van der Waals surface area contributed by atoms with Gasteiger partial charge in [-0.1, -0.05) is 12.8 Å². The molecule has 0 heterocycles. The quantitative estimate of drug-likeness (QED) is 0.187. The predicted molar refractivity (Wildman–Crippen MR) is 116 cm³/mol. The molecule has 0 spiro atoms. The topological polar surface area (TPSA) is 103 Å². The molecule has 8 nitrogen and oxygen atoms in total. The fourth-order valence-electron chi connectivity index (χ4n) is 3.09. The fraction of sp³-hybridized carbons (Fsp3) is 0.875. The summed E-state index contributed by atoms with van der Waals surface area (Å²) in [5.41, 5.74) is -0.349. The summed E-state index contributed by atoms with van der Waals surface area (Å²) in [5, 5.41) is 6.42. The van der Waals surface area contributed by atoms with Crippen LogP contribution in [-0.2, 0) is 14.8 Å². The van der Waals surface area contributed by atoms with Crippen LogP contribution < -0.4 is 15.4 Å². The molecule has 1 rings (SSSR count). The first-order chi connectivity index (χ1) is 11.8. The Labute approximate surface area is 175 Å². The van der Waals surface area contributed by atoms with Crippen LogP contribution in [0, 0.1) is 5.41 Å². The van der Waals surface area contributed by atoms with E-state index < -0.39 is 10.0 Å². The van der Waals surface area contributed by atoms with Crippen molar-refractivity contribution in [3.8, 4) is 0 Å². The van der Waals surface area contributed by atoms with Crippen molar-refractivity contribution in [3.05, 3.63) is 0 Å².